The number of allylic oxidation sites excluding steroid dienone is 3. The van der Waals surface area contributed by atoms with Crippen LogP contribution in [0.4, 0.5) is 18.9 Å². The number of carbonyl (C=O) groups is 1. The van der Waals surface area contributed by atoms with Gasteiger partial charge in [0.25, 0.3) is 5.91 Å². The summed E-state index contributed by atoms with van der Waals surface area (Å²) in [5, 5.41) is 6.24. The van der Waals surface area contributed by atoms with Crippen molar-refractivity contribution in [3.8, 4) is 0 Å². The molecule has 0 fully saturated rings. The number of aliphatic imine (C=N–C) groups is 1. The third-order valence-electron chi connectivity index (χ3n) is 4.54. The Balaban J connectivity index is 1.68. The molecule has 8 heteroatoms. The zero-order chi connectivity index (χ0) is 22.4. The second-order valence-electron chi connectivity index (χ2n) is 7.19. The van der Waals surface area contributed by atoms with E-state index in [2.05, 4.69) is 22.5 Å². The van der Waals surface area contributed by atoms with Gasteiger partial charge in [0, 0.05) is 17.8 Å². The van der Waals surface area contributed by atoms with E-state index in [1.54, 1.807) is 24.3 Å². The van der Waals surface area contributed by atoms with Gasteiger partial charge in [-0.15, -0.1) is 0 Å². The number of amides is 1. The number of nitrogens with one attached hydrogen (secondary N) is 2. The summed E-state index contributed by atoms with van der Waals surface area (Å²) < 4.78 is 38.6. The van der Waals surface area contributed by atoms with Crippen molar-refractivity contribution in [3.05, 3.63) is 89.3 Å². The normalized spacial score (nSPS) is 21.0. The smallest absolute Gasteiger partial charge is 0.366 e. The lowest BCUT2D eigenvalue weighted by Gasteiger charge is -2.13. The van der Waals surface area contributed by atoms with Crippen molar-refractivity contribution in [2.45, 2.75) is 26.1 Å². The fourth-order valence-electron chi connectivity index (χ4n) is 3.00. The number of benzene rings is 2. The van der Waals surface area contributed by atoms with Crippen LogP contribution in [-0.2, 0) is 12.7 Å². The van der Waals surface area contributed by atoms with E-state index in [4.69, 9.17) is 11.6 Å². The Labute approximate surface area is 183 Å². The highest BCUT2D eigenvalue weighted by atomic mass is 35.5. The Morgan fingerprint density at radius 2 is 1.97 bits per heavy atom. The van der Waals surface area contributed by atoms with E-state index in [0.29, 0.717) is 29.1 Å². The number of hydrogen-bond acceptors (Lipinski definition) is 3. The Hall–Kier alpha value is -3.06. The molecule has 0 aromatic heterocycles. The minimum Gasteiger partial charge on any atom is -0.366 e. The lowest BCUT2D eigenvalue weighted by molar-refractivity contribution is -0.137. The minimum absolute atomic E-state index is 0.0657. The summed E-state index contributed by atoms with van der Waals surface area (Å²) in [6.07, 6.45) is 2.07. The van der Waals surface area contributed by atoms with Crippen molar-refractivity contribution >= 4 is 28.4 Å². The molecule has 1 aliphatic rings. The molecule has 2 aromatic rings. The van der Waals surface area contributed by atoms with E-state index in [1.807, 2.05) is 18.2 Å². The summed E-state index contributed by atoms with van der Waals surface area (Å²) in [5.41, 5.74) is 0.406. The maximum Gasteiger partial charge on any atom is 0.416 e. The second kappa shape index (κ2) is 9.83. The van der Waals surface area contributed by atoms with Crippen molar-refractivity contribution < 1.29 is 18.0 Å². The van der Waals surface area contributed by atoms with Gasteiger partial charge in [-0.05, 0) is 60.4 Å². The molecule has 1 unspecified atom stereocenters. The third kappa shape index (κ3) is 6.72. The Bertz CT molecular complexity index is 1040. The van der Waals surface area contributed by atoms with Crippen molar-refractivity contribution in [2.24, 2.45) is 10.9 Å². The Morgan fingerprint density at radius 1 is 1.19 bits per heavy atom. The molecule has 3 rings (SSSR count). The van der Waals surface area contributed by atoms with Gasteiger partial charge in [-0.25, -0.2) is 4.99 Å². The summed E-state index contributed by atoms with van der Waals surface area (Å²) in [5.74, 6) is 0.335. The fourth-order valence-corrected chi connectivity index (χ4v) is 3.18. The van der Waals surface area contributed by atoms with Crippen LogP contribution >= 0.6 is 11.6 Å². The molecule has 1 aliphatic heterocycles. The first-order valence-electron chi connectivity index (χ1n) is 9.64. The Kier molecular flexibility index (Phi) is 7.17. The van der Waals surface area contributed by atoms with Crippen LogP contribution in [0.15, 0.2) is 77.6 Å². The highest BCUT2D eigenvalue weighted by Gasteiger charge is 2.30. The van der Waals surface area contributed by atoms with Gasteiger partial charge in [0.05, 0.1) is 5.56 Å². The topological polar surface area (TPSA) is 53.5 Å². The van der Waals surface area contributed by atoms with E-state index >= 15 is 0 Å². The summed E-state index contributed by atoms with van der Waals surface area (Å²) >= 11 is 6.06. The van der Waals surface area contributed by atoms with Gasteiger partial charge in [-0.2, -0.15) is 13.2 Å². The lowest BCUT2D eigenvalue weighted by atomic mass is 10.1. The molecule has 0 aliphatic carbocycles. The van der Waals surface area contributed by atoms with Crippen LogP contribution in [0, 0.1) is 5.92 Å². The van der Waals surface area contributed by atoms with Gasteiger partial charge in [0.1, 0.15) is 11.0 Å². The van der Waals surface area contributed by atoms with Gasteiger partial charge in [0.15, 0.2) is 0 Å². The molecule has 2 aromatic carbocycles. The zero-order valence-corrected chi connectivity index (χ0v) is 17.5. The van der Waals surface area contributed by atoms with Crippen molar-refractivity contribution in [3.63, 3.8) is 0 Å². The minimum atomic E-state index is -4.51. The van der Waals surface area contributed by atoms with Gasteiger partial charge in [0.2, 0.25) is 0 Å². The van der Waals surface area contributed by atoms with E-state index in [0.717, 1.165) is 24.1 Å². The molecular formula is C23H21ClF3N3O. The summed E-state index contributed by atoms with van der Waals surface area (Å²) in [4.78, 5) is 16.7. The molecule has 0 saturated heterocycles. The number of carbonyl (C=O) groups excluding carboxylic acids is 1. The molecule has 0 bridgehead atoms. The van der Waals surface area contributed by atoms with Gasteiger partial charge < -0.3 is 10.6 Å². The van der Waals surface area contributed by atoms with Gasteiger partial charge >= 0.3 is 6.18 Å². The number of alkyl halides is 3. The molecule has 1 atom stereocenters. The van der Waals surface area contributed by atoms with Crippen molar-refractivity contribution in [1.29, 1.82) is 0 Å². The number of nitrogens with zero attached hydrogens (tertiary/aromatic N) is 1. The predicted octanol–water partition coefficient (Wildman–Crippen LogP) is 6.12. The molecule has 4 nitrogen and oxygen atoms in total. The van der Waals surface area contributed by atoms with Crippen LogP contribution in [0.2, 0.25) is 0 Å². The van der Waals surface area contributed by atoms with Crippen molar-refractivity contribution in [2.75, 3.05) is 5.32 Å². The fraction of sp³-hybridized carbons (Fsp3) is 0.217. The third-order valence-corrected chi connectivity index (χ3v) is 4.75. The van der Waals surface area contributed by atoms with Crippen LogP contribution in [0.25, 0.3) is 0 Å². The highest BCUT2D eigenvalue weighted by Crippen LogP contribution is 2.29. The average Bonchev–Trinajstić information content (AvgIpc) is 2.70. The number of rotatable bonds is 5. The number of hydrogen-bond donors (Lipinski definition) is 2. The monoisotopic (exact) mass is 447 g/mol. The summed E-state index contributed by atoms with van der Waals surface area (Å²) in [6, 6.07) is 11.4. The largest absolute Gasteiger partial charge is 0.416 e. The van der Waals surface area contributed by atoms with Crippen LogP contribution in [0.3, 0.4) is 0 Å². The van der Waals surface area contributed by atoms with Crippen LogP contribution in [0.5, 0.6) is 0 Å². The highest BCUT2D eigenvalue weighted by molar-refractivity contribution is 6.68. The van der Waals surface area contributed by atoms with Crippen molar-refractivity contribution in [1.82, 2.24) is 5.32 Å². The first kappa shape index (κ1) is 22.6. The molecule has 1 heterocycles. The van der Waals surface area contributed by atoms with Crippen LogP contribution in [0.1, 0.15) is 34.8 Å². The number of halogens is 4. The molecule has 0 saturated carbocycles. The molecular weight excluding hydrogens is 427 g/mol. The first-order chi connectivity index (χ1) is 14.7. The summed E-state index contributed by atoms with van der Waals surface area (Å²) in [6.45, 7) is 2.51. The van der Waals surface area contributed by atoms with Crippen LogP contribution < -0.4 is 10.6 Å². The predicted molar refractivity (Wildman–Crippen MR) is 117 cm³/mol. The second-order valence-corrected chi connectivity index (χ2v) is 7.58. The lowest BCUT2D eigenvalue weighted by Crippen LogP contribution is -2.15. The molecule has 0 spiro atoms. The van der Waals surface area contributed by atoms with E-state index < -0.39 is 17.6 Å². The quantitative estimate of drug-likeness (QED) is 0.580. The molecule has 2 N–H and O–H groups in total. The maximum atomic E-state index is 12.9. The SMILES string of the molecule is CC1\C=C(NCc2cccc(NC(=O)c3cccc(C(F)(F)F)c3)c2)/N=C(Cl)/C=C/C1. The average molecular weight is 448 g/mol. The molecule has 1 amide bonds. The Morgan fingerprint density at radius 3 is 2.74 bits per heavy atom. The van der Waals surface area contributed by atoms with E-state index in [9.17, 15) is 18.0 Å². The summed E-state index contributed by atoms with van der Waals surface area (Å²) in [7, 11) is 0. The molecule has 162 valence electrons. The first-order valence-corrected chi connectivity index (χ1v) is 10.0. The molecule has 0 radical (unpaired) electrons. The standard InChI is InChI=1S/C23H21ClF3N3O/c1-15-5-2-10-20(24)30-21(11-15)28-14-16-6-3-9-19(12-16)29-22(31)17-7-4-8-18(13-17)23(25,26)27/h2-4,6-13,15,28H,5,14H2,1H3,(H,29,31)/b10-2+,21-11-,30-20-. The molecule has 31 heavy (non-hydrogen) atoms. The van der Waals surface area contributed by atoms with Gasteiger partial charge in [-0.3, -0.25) is 4.79 Å². The van der Waals surface area contributed by atoms with Gasteiger partial charge in [-0.1, -0.05) is 42.8 Å². The maximum absolute atomic E-state index is 12.9. The zero-order valence-electron chi connectivity index (χ0n) is 16.7. The van der Waals surface area contributed by atoms with Crippen LogP contribution in [-0.4, -0.2) is 11.1 Å². The van der Waals surface area contributed by atoms with E-state index in [1.165, 1.54) is 12.1 Å². The number of anilines is 1. The van der Waals surface area contributed by atoms with E-state index in [-0.39, 0.29) is 5.56 Å².